The summed E-state index contributed by atoms with van der Waals surface area (Å²) in [5.74, 6) is 0.455. The maximum Gasteiger partial charge on any atom is 0.366 e. The Morgan fingerprint density at radius 1 is 1.16 bits per heavy atom. The molecule has 2 fully saturated rings. The van der Waals surface area contributed by atoms with Crippen LogP contribution in [0.2, 0.25) is 0 Å². The van der Waals surface area contributed by atoms with Gasteiger partial charge in [0.2, 0.25) is 0 Å². The lowest BCUT2D eigenvalue weighted by Gasteiger charge is -2.43. The van der Waals surface area contributed by atoms with Crippen LogP contribution in [0.5, 0.6) is 5.75 Å². The lowest BCUT2D eigenvalue weighted by atomic mass is 9.97. The third kappa shape index (κ3) is 4.14. The van der Waals surface area contributed by atoms with Crippen LogP contribution in [0.3, 0.4) is 0 Å². The minimum absolute atomic E-state index is 0.144. The van der Waals surface area contributed by atoms with Crippen LogP contribution in [-0.4, -0.2) is 62.6 Å². The molecule has 0 spiro atoms. The Labute approximate surface area is 181 Å². The molecule has 4 rings (SSSR count). The molecule has 0 bridgehead atoms. The summed E-state index contributed by atoms with van der Waals surface area (Å²) >= 11 is 0. The molecule has 168 valence electrons. The Hall–Kier alpha value is -2.58. The number of rotatable bonds is 6. The Kier molecular flexibility index (Phi) is 6.48. The summed E-state index contributed by atoms with van der Waals surface area (Å²) in [6, 6.07) is 6.73. The van der Waals surface area contributed by atoms with Crippen molar-refractivity contribution in [3.63, 3.8) is 0 Å². The van der Waals surface area contributed by atoms with Gasteiger partial charge >= 0.3 is 5.97 Å². The second kappa shape index (κ2) is 9.28. The molecule has 1 aromatic heterocycles. The van der Waals surface area contributed by atoms with Gasteiger partial charge in [-0.25, -0.2) is 4.79 Å². The van der Waals surface area contributed by atoms with Gasteiger partial charge in [-0.05, 0) is 38.4 Å². The number of nitrogens with zero attached hydrogens (tertiary/aromatic N) is 2. The lowest BCUT2D eigenvalue weighted by Crippen LogP contribution is -2.61. The molecule has 2 aliphatic rings. The van der Waals surface area contributed by atoms with E-state index in [1.807, 2.05) is 16.7 Å². The molecule has 8 nitrogen and oxygen atoms in total. The molecule has 1 unspecified atom stereocenters. The minimum atomic E-state index is -1.23. The normalized spacial score (nSPS) is 22.5. The monoisotopic (exact) mass is 430 g/mol. The van der Waals surface area contributed by atoms with Gasteiger partial charge in [0.25, 0.3) is 5.72 Å². The summed E-state index contributed by atoms with van der Waals surface area (Å²) in [6.07, 6.45) is 2.36. The first-order valence-corrected chi connectivity index (χ1v) is 11.1. The highest BCUT2D eigenvalue weighted by molar-refractivity contribution is 5.85. The van der Waals surface area contributed by atoms with Gasteiger partial charge in [0.15, 0.2) is 22.6 Å². The highest BCUT2D eigenvalue weighted by Crippen LogP contribution is 2.36. The number of benzene rings is 1. The van der Waals surface area contributed by atoms with E-state index in [-0.39, 0.29) is 12.0 Å². The van der Waals surface area contributed by atoms with Crippen LogP contribution in [0, 0.1) is 0 Å². The number of hydrogen-bond acceptors (Lipinski definition) is 8. The first-order valence-electron chi connectivity index (χ1n) is 11.1. The molecule has 0 radical (unpaired) electrons. The number of anilines is 1. The fourth-order valence-electron chi connectivity index (χ4n) is 4.39. The molecule has 31 heavy (non-hydrogen) atoms. The number of carbonyl (C=O) groups excluding carboxylic acids is 1. The van der Waals surface area contributed by atoms with E-state index in [1.165, 1.54) is 6.07 Å². The largest absolute Gasteiger partial charge is 0.462 e. The van der Waals surface area contributed by atoms with Crippen molar-refractivity contribution in [1.82, 2.24) is 4.90 Å². The third-order valence-corrected chi connectivity index (χ3v) is 5.99. The molecule has 8 heteroatoms. The Bertz CT molecular complexity index is 984. The Balaban J connectivity index is 1.79. The van der Waals surface area contributed by atoms with Crippen molar-refractivity contribution in [2.75, 3.05) is 50.9 Å². The smallest absolute Gasteiger partial charge is 0.366 e. The maximum atomic E-state index is 13.1. The first-order chi connectivity index (χ1) is 15.1. The van der Waals surface area contributed by atoms with Crippen molar-refractivity contribution in [3.8, 4) is 5.75 Å². The van der Waals surface area contributed by atoms with Crippen molar-refractivity contribution in [2.24, 2.45) is 0 Å². The summed E-state index contributed by atoms with van der Waals surface area (Å²) < 4.78 is 23.5. The number of hydrogen-bond donors (Lipinski definition) is 0. The van der Waals surface area contributed by atoms with Crippen LogP contribution < -0.4 is 15.1 Å². The number of fused-ring (bicyclic) bond motifs is 1. The zero-order valence-corrected chi connectivity index (χ0v) is 18.2. The highest BCUT2D eigenvalue weighted by Gasteiger charge is 2.49. The molecular formula is C23H30N2O6. The third-order valence-electron chi connectivity index (χ3n) is 5.99. The van der Waals surface area contributed by atoms with Gasteiger partial charge in [-0.15, -0.1) is 0 Å². The quantitative estimate of drug-likeness (QED) is 0.647. The number of para-hydroxylation sites is 1. The van der Waals surface area contributed by atoms with Gasteiger partial charge in [0, 0.05) is 32.1 Å². The average molecular weight is 431 g/mol. The predicted octanol–water partition coefficient (Wildman–Crippen LogP) is 2.77. The molecule has 0 saturated carbocycles. The number of esters is 1. The van der Waals surface area contributed by atoms with Crippen molar-refractivity contribution < 1.29 is 23.4 Å². The summed E-state index contributed by atoms with van der Waals surface area (Å²) in [5.41, 5.74) is -1.03. The number of ether oxygens (including phenoxy) is 3. The SMILES string of the molecule is CCOC(=O)C1(Oc2cccc3c(=O)cc(N4CCOCC4)oc23)CCCCN1CC. The van der Waals surface area contributed by atoms with Crippen molar-refractivity contribution in [2.45, 2.75) is 38.8 Å². The number of piperidine rings is 1. The molecule has 1 aromatic carbocycles. The highest BCUT2D eigenvalue weighted by atomic mass is 16.6. The van der Waals surface area contributed by atoms with E-state index in [0.29, 0.717) is 61.9 Å². The van der Waals surface area contributed by atoms with Crippen LogP contribution >= 0.6 is 0 Å². The van der Waals surface area contributed by atoms with Crippen LogP contribution in [0.15, 0.2) is 33.5 Å². The number of morpholine rings is 1. The van der Waals surface area contributed by atoms with Gasteiger partial charge in [-0.1, -0.05) is 13.0 Å². The average Bonchev–Trinajstić information content (AvgIpc) is 2.80. The van der Waals surface area contributed by atoms with E-state index >= 15 is 0 Å². The predicted molar refractivity (Wildman–Crippen MR) is 117 cm³/mol. The molecule has 0 amide bonds. The standard InChI is InChI=1S/C23H30N2O6/c1-3-25-11-6-5-10-23(25,22(27)29-4-2)31-19-9-7-8-17-18(26)16-20(30-21(17)19)24-12-14-28-15-13-24/h7-9,16H,3-6,10-15H2,1-2H3. The molecule has 0 N–H and O–H groups in total. The van der Waals surface area contributed by atoms with Gasteiger partial charge in [0.1, 0.15) is 0 Å². The van der Waals surface area contributed by atoms with Crippen LogP contribution in [0.4, 0.5) is 5.88 Å². The van der Waals surface area contributed by atoms with E-state index in [1.54, 1.807) is 25.1 Å². The summed E-state index contributed by atoms with van der Waals surface area (Å²) in [4.78, 5) is 30.0. The molecular weight excluding hydrogens is 400 g/mol. The zero-order chi connectivity index (χ0) is 21.8. The fraction of sp³-hybridized carbons (Fsp3) is 0.565. The van der Waals surface area contributed by atoms with Crippen LogP contribution in [-0.2, 0) is 14.3 Å². The van der Waals surface area contributed by atoms with Crippen molar-refractivity contribution in [3.05, 3.63) is 34.5 Å². The first kappa shape index (κ1) is 21.6. The van der Waals surface area contributed by atoms with Crippen LogP contribution in [0.1, 0.15) is 33.1 Å². The molecule has 2 saturated heterocycles. The van der Waals surface area contributed by atoms with E-state index in [0.717, 1.165) is 19.4 Å². The Morgan fingerprint density at radius 2 is 1.97 bits per heavy atom. The molecule has 0 aliphatic carbocycles. The lowest BCUT2D eigenvalue weighted by molar-refractivity contribution is -0.188. The fourth-order valence-corrected chi connectivity index (χ4v) is 4.39. The topological polar surface area (TPSA) is 81.5 Å². The molecule has 2 aromatic rings. The van der Waals surface area contributed by atoms with Gasteiger partial charge in [-0.3, -0.25) is 9.69 Å². The second-order valence-electron chi connectivity index (χ2n) is 7.82. The Morgan fingerprint density at radius 3 is 2.71 bits per heavy atom. The maximum absolute atomic E-state index is 13.1. The second-order valence-corrected chi connectivity index (χ2v) is 7.82. The van der Waals surface area contributed by atoms with Gasteiger partial charge in [-0.2, -0.15) is 0 Å². The van der Waals surface area contributed by atoms with Gasteiger partial charge < -0.3 is 23.5 Å². The summed E-state index contributed by atoms with van der Waals surface area (Å²) in [6.45, 7) is 7.90. The number of likely N-dealkylation sites (N-methyl/N-ethyl adjacent to an activating group) is 1. The number of likely N-dealkylation sites (tertiary alicyclic amines) is 1. The van der Waals surface area contributed by atoms with E-state index in [2.05, 4.69) is 0 Å². The minimum Gasteiger partial charge on any atom is -0.462 e. The van der Waals surface area contributed by atoms with Crippen molar-refractivity contribution in [1.29, 1.82) is 0 Å². The van der Waals surface area contributed by atoms with E-state index in [9.17, 15) is 9.59 Å². The molecule has 2 aliphatic heterocycles. The zero-order valence-electron chi connectivity index (χ0n) is 18.2. The molecule has 3 heterocycles. The van der Waals surface area contributed by atoms with Crippen molar-refractivity contribution >= 4 is 22.8 Å². The summed E-state index contributed by atoms with van der Waals surface area (Å²) in [7, 11) is 0. The van der Waals surface area contributed by atoms with Gasteiger partial charge in [0.05, 0.1) is 25.2 Å². The van der Waals surface area contributed by atoms with E-state index in [4.69, 9.17) is 18.6 Å². The number of carbonyl (C=O) groups is 1. The van der Waals surface area contributed by atoms with E-state index < -0.39 is 11.7 Å². The molecule has 1 atom stereocenters. The van der Waals surface area contributed by atoms with Crippen LogP contribution in [0.25, 0.3) is 11.0 Å². The summed E-state index contributed by atoms with van der Waals surface area (Å²) in [5, 5.41) is 0.423.